The number of nitrogens with one attached hydrogen (secondary N) is 1. The molecular weight excluding hydrogens is 462 g/mol. The van der Waals surface area contributed by atoms with Crippen molar-refractivity contribution < 1.29 is 28.2 Å². The highest BCUT2D eigenvalue weighted by molar-refractivity contribution is 7.90. The van der Waals surface area contributed by atoms with Crippen LogP contribution in [0.3, 0.4) is 0 Å². The first kappa shape index (κ1) is 23.3. The van der Waals surface area contributed by atoms with Gasteiger partial charge in [-0.2, -0.15) is 8.42 Å². The van der Waals surface area contributed by atoms with Crippen molar-refractivity contribution in [3.63, 3.8) is 0 Å². The van der Waals surface area contributed by atoms with E-state index in [0.29, 0.717) is 18.3 Å². The molecule has 3 aromatic rings. The second-order valence-corrected chi connectivity index (χ2v) is 9.83. The van der Waals surface area contributed by atoms with Gasteiger partial charge in [-0.1, -0.05) is 26.0 Å². The van der Waals surface area contributed by atoms with Crippen LogP contribution >= 0.6 is 0 Å². The summed E-state index contributed by atoms with van der Waals surface area (Å²) in [5.74, 6) is -1.38. The predicted octanol–water partition coefficient (Wildman–Crippen LogP) is 2.78. The number of pyridine rings is 1. The van der Waals surface area contributed by atoms with Crippen molar-refractivity contribution in [3.05, 3.63) is 58.4 Å². The maximum atomic E-state index is 13.3. The van der Waals surface area contributed by atoms with Crippen LogP contribution in [0.1, 0.15) is 25.8 Å². The molecule has 1 aliphatic rings. The molecule has 0 unspecified atom stereocenters. The molecule has 3 N–H and O–H groups in total. The van der Waals surface area contributed by atoms with E-state index in [-0.39, 0.29) is 21.5 Å². The minimum Gasteiger partial charge on any atom is -0.506 e. The number of rotatable bonds is 7. The number of sulfonamides is 1. The molecule has 10 nitrogen and oxygen atoms in total. The van der Waals surface area contributed by atoms with E-state index in [2.05, 4.69) is 23.6 Å². The van der Waals surface area contributed by atoms with Crippen LogP contribution in [-0.2, 0) is 21.4 Å². The van der Waals surface area contributed by atoms with Crippen molar-refractivity contribution in [2.75, 3.05) is 11.9 Å². The van der Waals surface area contributed by atoms with Crippen molar-refractivity contribution in [1.29, 1.82) is 0 Å². The van der Waals surface area contributed by atoms with Crippen LogP contribution < -0.4 is 15.6 Å². The van der Waals surface area contributed by atoms with Crippen LogP contribution in [0.15, 0.2) is 56.6 Å². The summed E-state index contributed by atoms with van der Waals surface area (Å²) < 4.78 is 35.8. The first-order valence-corrected chi connectivity index (χ1v) is 12.0. The maximum Gasteiger partial charge on any atom is 0.323 e. The SMILES string of the molecule is CC(C)CCOc1ccc2c(c1)c(O)c(C1=NS(=O)(=O)c3ccccc3N1)c(=O)n2CC(=O)O. The monoisotopic (exact) mass is 485 g/mol. The number of para-hydroxylation sites is 1. The smallest absolute Gasteiger partial charge is 0.323 e. The molecule has 0 fully saturated rings. The number of carbonyl (C=O) groups is 1. The minimum atomic E-state index is -4.17. The Bertz CT molecular complexity index is 1490. The first-order chi connectivity index (χ1) is 16.1. The number of hydrogen-bond donors (Lipinski definition) is 3. The molecule has 2 heterocycles. The van der Waals surface area contributed by atoms with Gasteiger partial charge in [0, 0.05) is 5.39 Å². The van der Waals surface area contributed by atoms with Gasteiger partial charge in [0.25, 0.3) is 15.6 Å². The molecule has 0 amide bonds. The maximum absolute atomic E-state index is 13.3. The van der Waals surface area contributed by atoms with Crippen molar-refractivity contribution >= 4 is 38.4 Å². The summed E-state index contributed by atoms with van der Waals surface area (Å²) in [6.07, 6.45) is 0.797. The molecule has 2 aromatic carbocycles. The average molecular weight is 486 g/mol. The fraction of sp³-hybridized carbons (Fsp3) is 0.261. The van der Waals surface area contributed by atoms with E-state index >= 15 is 0 Å². The predicted molar refractivity (Wildman–Crippen MR) is 126 cm³/mol. The number of benzene rings is 2. The number of carboxylic acids is 1. The summed E-state index contributed by atoms with van der Waals surface area (Å²) in [5.41, 5.74) is -1.01. The van der Waals surface area contributed by atoms with Gasteiger partial charge in [0.15, 0.2) is 5.84 Å². The lowest BCUT2D eigenvalue weighted by atomic mass is 10.1. The Morgan fingerprint density at radius 3 is 2.65 bits per heavy atom. The lowest BCUT2D eigenvalue weighted by molar-refractivity contribution is -0.137. The molecule has 4 rings (SSSR count). The molecule has 0 radical (unpaired) electrons. The van der Waals surface area contributed by atoms with Crippen LogP contribution in [0, 0.1) is 5.92 Å². The largest absolute Gasteiger partial charge is 0.506 e. The third-order valence-electron chi connectivity index (χ3n) is 5.33. The van der Waals surface area contributed by atoms with E-state index in [9.17, 15) is 28.2 Å². The molecule has 0 saturated heterocycles. The van der Waals surface area contributed by atoms with Crippen LogP contribution in [-0.4, -0.2) is 41.6 Å². The number of hydrogen-bond acceptors (Lipinski definition) is 7. The van der Waals surface area contributed by atoms with Crippen molar-refractivity contribution in [3.8, 4) is 11.5 Å². The van der Waals surface area contributed by atoms with Crippen LogP contribution in [0.25, 0.3) is 10.9 Å². The third-order valence-corrected chi connectivity index (χ3v) is 6.67. The van der Waals surface area contributed by atoms with Crippen LogP contribution in [0.5, 0.6) is 11.5 Å². The highest BCUT2D eigenvalue weighted by Crippen LogP contribution is 2.33. The summed E-state index contributed by atoms with van der Waals surface area (Å²) >= 11 is 0. The first-order valence-electron chi connectivity index (χ1n) is 10.5. The van der Waals surface area contributed by atoms with Crippen LogP contribution in [0.2, 0.25) is 0 Å². The number of aromatic hydroxyl groups is 1. The number of amidine groups is 1. The number of aromatic nitrogens is 1. The Morgan fingerprint density at radius 2 is 1.94 bits per heavy atom. The second-order valence-electron chi connectivity index (χ2n) is 8.25. The second kappa shape index (κ2) is 8.82. The van der Waals surface area contributed by atoms with E-state index < -0.39 is 45.2 Å². The Labute approximate surface area is 195 Å². The summed E-state index contributed by atoms with van der Waals surface area (Å²) in [4.78, 5) is 24.7. The zero-order valence-corrected chi connectivity index (χ0v) is 19.3. The number of fused-ring (bicyclic) bond motifs is 2. The topological polar surface area (TPSA) is 147 Å². The number of ether oxygens (including phenoxy) is 1. The van der Waals surface area contributed by atoms with E-state index in [0.717, 1.165) is 11.0 Å². The van der Waals surface area contributed by atoms with Crippen molar-refractivity contribution in [1.82, 2.24) is 4.57 Å². The van der Waals surface area contributed by atoms with E-state index in [1.807, 2.05) is 0 Å². The summed E-state index contributed by atoms with van der Waals surface area (Å²) in [7, 11) is -4.17. The van der Waals surface area contributed by atoms with Gasteiger partial charge in [-0.3, -0.25) is 14.2 Å². The third kappa shape index (κ3) is 4.34. The average Bonchev–Trinajstić information content (AvgIpc) is 2.76. The number of carboxylic acid groups (broad SMARTS) is 1. The standard InChI is InChI=1S/C23H23N3O7S/c1-13(2)9-10-33-14-7-8-17-15(11-14)21(29)20(23(30)26(17)12-19(27)28)22-24-16-5-3-4-6-18(16)34(31,32)25-22/h3-8,11,13,29H,9-10,12H2,1-2H3,(H,24,25)(H,27,28). The van der Waals surface area contributed by atoms with Gasteiger partial charge >= 0.3 is 5.97 Å². The molecule has 0 aliphatic carbocycles. The summed E-state index contributed by atoms with van der Waals surface area (Å²) in [6.45, 7) is 3.83. The quantitative estimate of drug-likeness (QED) is 0.463. The van der Waals surface area contributed by atoms with Crippen molar-refractivity contribution in [2.45, 2.75) is 31.7 Å². The fourth-order valence-corrected chi connectivity index (χ4v) is 4.77. The zero-order valence-electron chi connectivity index (χ0n) is 18.5. The Balaban J connectivity index is 1.92. The van der Waals surface area contributed by atoms with Crippen LogP contribution in [0.4, 0.5) is 5.69 Å². The lowest BCUT2D eigenvalue weighted by Crippen LogP contribution is -2.34. The minimum absolute atomic E-state index is 0.0780. The van der Waals surface area contributed by atoms with Gasteiger partial charge in [0.1, 0.15) is 28.5 Å². The van der Waals surface area contributed by atoms with Gasteiger partial charge < -0.3 is 20.3 Å². The molecule has 0 bridgehead atoms. The molecule has 0 saturated carbocycles. The highest BCUT2D eigenvalue weighted by Gasteiger charge is 2.30. The van der Waals surface area contributed by atoms with E-state index in [1.54, 1.807) is 12.1 Å². The highest BCUT2D eigenvalue weighted by atomic mass is 32.2. The molecule has 178 valence electrons. The van der Waals surface area contributed by atoms with Crippen molar-refractivity contribution in [2.24, 2.45) is 10.3 Å². The Hall–Kier alpha value is -3.86. The molecule has 0 atom stereocenters. The van der Waals surface area contributed by atoms with Gasteiger partial charge in [-0.15, -0.1) is 4.40 Å². The normalized spacial score (nSPS) is 14.4. The van der Waals surface area contributed by atoms with Gasteiger partial charge in [0.05, 0.1) is 17.8 Å². The molecule has 11 heteroatoms. The molecule has 0 spiro atoms. The zero-order chi connectivity index (χ0) is 24.6. The molecule has 34 heavy (non-hydrogen) atoms. The Morgan fingerprint density at radius 1 is 1.21 bits per heavy atom. The number of nitrogens with zero attached hydrogens (tertiary/aromatic N) is 2. The number of anilines is 1. The van der Waals surface area contributed by atoms with E-state index in [4.69, 9.17) is 4.74 Å². The van der Waals surface area contributed by atoms with E-state index in [1.165, 1.54) is 30.3 Å². The summed E-state index contributed by atoms with van der Waals surface area (Å²) in [5, 5.41) is 23.3. The lowest BCUT2D eigenvalue weighted by Gasteiger charge is -2.20. The summed E-state index contributed by atoms with van der Waals surface area (Å²) in [6, 6.07) is 10.5. The molecule has 1 aliphatic heterocycles. The van der Waals surface area contributed by atoms with Gasteiger partial charge in [-0.25, -0.2) is 0 Å². The fourth-order valence-electron chi connectivity index (χ4n) is 3.65. The number of aliphatic carboxylic acids is 1. The molecular formula is C23H23N3O7S. The Kier molecular flexibility index (Phi) is 6.05. The molecule has 1 aromatic heterocycles. The van der Waals surface area contributed by atoms with Gasteiger partial charge in [-0.05, 0) is 42.7 Å². The van der Waals surface area contributed by atoms with Gasteiger partial charge in [0.2, 0.25) is 0 Å².